The van der Waals surface area contributed by atoms with Crippen LogP contribution >= 0.6 is 0 Å². The quantitative estimate of drug-likeness (QED) is 0.245. The van der Waals surface area contributed by atoms with Gasteiger partial charge in [-0.15, -0.1) is 0 Å². The molecule has 6 nitrogen and oxygen atoms in total. The van der Waals surface area contributed by atoms with Crippen LogP contribution in [0.3, 0.4) is 0 Å². The number of aliphatic hydroxyl groups excluding tert-OH is 1. The second kappa shape index (κ2) is 11.0. The predicted molar refractivity (Wildman–Crippen MR) is 90.8 cm³/mol. The molecule has 0 saturated heterocycles. The third-order valence-corrected chi connectivity index (χ3v) is 3.43. The van der Waals surface area contributed by atoms with Crippen molar-refractivity contribution in [1.29, 1.82) is 0 Å². The SMILES string of the molecule is C=C(C)C(=O)OC(O)(OC(=O)C(=C)C)C(O)CCCCCCCC. The minimum Gasteiger partial charge on any atom is -0.393 e. The molecule has 0 aromatic heterocycles. The highest BCUT2D eigenvalue weighted by molar-refractivity contribution is 5.88. The lowest BCUT2D eigenvalue weighted by atomic mass is 10.1. The number of ether oxygens (including phenoxy) is 2. The Morgan fingerprint density at radius 3 is 1.79 bits per heavy atom. The third-order valence-electron chi connectivity index (χ3n) is 3.43. The van der Waals surface area contributed by atoms with Crippen LogP contribution in [0.25, 0.3) is 0 Å². The van der Waals surface area contributed by atoms with Gasteiger partial charge in [-0.1, -0.05) is 58.6 Å². The van der Waals surface area contributed by atoms with Gasteiger partial charge in [0.05, 0.1) is 0 Å². The monoisotopic (exact) mass is 342 g/mol. The molecule has 2 N–H and O–H groups in total. The maximum absolute atomic E-state index is 11.7. The maximum Gasteiger partial charge on any atom is 0.401 e. The van der Waals surface area contributed by atoms with Crippen molar-refractivity contribution in [3.63, 3.8) is 0 Å². The minimum absolute atomic E-state index is 0.00608. The number of hydrogen-bond donors (Lipinski definition) is 2. The second-order valence-electron chi connectivity index (χ2n) is 6.04. The Hall–Kier alpha value is -1.66. The lowest BCUT2D eigenvalue weighted by Crippen LogP contribution is -2.50. The first-order valence-electron chi connectivity index (χ1n) is 8.32. The van der Waals surface area contributed by atoms with Gasteiger partial charge >= 0.3 is 17.9 Å². The highest BCUT2D eigenvalue weighted by Crippen LogP contribution is 2.23. The lowest BCUT2D eigenvalue weighted by Gasteiger charge is -2.31. The Morgan fingerprint density at radius 1 is 0.958 bits per heavy atom. The van der Waals surface area contributed by atoms with E-state index in [-0.39, 0.29) is 17.6 Å². The molecule has 0 bridgehead atoms. The van der Waals surface area contributed by atoms with Crippen molar-refractivity contribution in [3.05, 3.63) is 24.3 Å². The fourth-order valence-electron chi connectivity index (χ4n) is 1.90. The molecule has 0 radical (unpaired) electrons. The lowest BCUT2D eigenvalue weighted by molar-refractivity contribution is -0.359. The van der Waals surface area contributed by atoms with E-state index in [0.717, 1.165) is 32.1 Å². The summed E-state index contributed by atoms with van der Waals surface area (Å²) in [6.07, 6.45) is 4.42. The van der Waals surface area contributed by atoms with Crippen LogP contribution in [0.2, 0.25) is 0 Å². The number of hydrogen-bond acceptors (Lipinski definition) is 6. The summed E-state index contributed by atoms with van der Waals surface area (Å²) in [7, 11) is 0. The van der Waals surface area contributed by atoms with Crippen molar-refractivity contribution in [2.75, 3.05) is 0 Å². The molecule has 0 spiro atoms. The van der Waals surface area contributed by atoms with Crippen LogP contribution in [0.1, 0.15) is 65.7 Å². The fourth-order valence-corrected chi connectivity index (χ4v) is 1.90. The van der Waals surface area contributed by atoms with Gasteiger partial charge in [0.1, 0.15) is 0 Å². The topological polar surface area (TPSA) is 93.1 Å². The number of carbonyl (C=O) groups excluding carboxylic acids is 2. The smallest absolute Gasteiger partial charge is 0.393 e. The molecule has 0 heterocycles. The summed E-state index contributed by atoms with van der Waals surface area (Å²) in [5.74, 6) is -4.68. The Kier molecular flexibility index (Phi) is 10.2. The zero-order valence-electron chi connectivity index (χ0n) is 15.0. The summed E-state index contributed by atoms with van der Waals surface area (Å²) in [5.41, 5.74) is 0.0122. The molecule has 0 fully saturated rings. The molecular weight excluding hydrogens is 312 g/mol. The zero-order chi connectivity index (χ0) is 18.8. The number of unbranched alkanes of at least 4 members (excludes halogenated alkanes) is 5. The van der Waals surface area contributed by atoms with Crippen molar-refractivity contribution in [1.82, 2.24) is 0 Å². The Morgan fingerprint density at radius 2 is 1.38 bits per heavy atom. The molecule has 0 aromatic carbocycles. The molecule has 0 rings (SSSR count). The van der Waals surface area contributed by atoms with Crippen LogP contribution in [0.4, 0.5) is 0 Å². The standard InChI is InChI=1S/C18H30O6/c1-6-7-8-9-10-11-12-15(19)18(22,23-16(20)13(2)3)24-17(21)14(4)5/h15,19,22H,2,4,6-12H2,1,3,5H3. The molecular formula is C18H30O6. The molecule has 0 saturated carbocycles. The van der Waals surface area contributed by atoms with Crippen LogP contribution in [-0.2, 0) is 19.1 Å². The van der Waals surface area contributed by atoms with Crippen LogP contribution in [0, 0.1) is 0 Å². The summed E-state index contributed by atoms with van der Waals surface area (Å²) in [4.78, 5) is 23.3. The third kappa shape index (κ3) is 8.26. The highest BCUT2D eigenvalue weighted by Gasteiger charge is 2.44. The Balaban J connectivity index is 4.77. The molecule has 0 aliphatic carbocycles. The first-order chi connectivity index (χ1) is 11.1. The van der Waals surface area contributed by atoms with Crippen LogP contribution in [0.5, 0.6) is 0 Å². The number of rotatable bonds is 12. The van der Waals surface area contributed by atoms with E-state index in [9.17, 15) is 19.8 Å². The van der Waals surface area contributed by atoms with Crippen molar-refractivity contribution in [2.24, 2.45) is 0 Å². The molecule has 138 valence electrons. The Bertz CT molecular complexity index is 426. The molecule has 0 aliphatic rings. The van der Waals surface area contributed by atoms with Gasteiger partial charge in [-0.25, -0.2) is 9.59 Å². The maximum atomic E-state index is 11.7. The van der Waals surface area contributed by atoms with Gasteiger partial charge in [-0.3, -0.25) is 0 Å². The molecule has 1 atom stereocenters. The summed E-state index contributed by atoms with van der Waals surface area (Å²) in [5, 5.41) is 20.5. The number of aliphatic hydroxyl groups is 2. The first kappa shape index (κ1) is 22.3. The Labute approximate surface area is 144 Å². The molecule has 6 heteroatoms. The van der Waals surface area contributed by atoms with Crippen molar-refractivity contribution in [2.45, 2.75) is 77.8 Å². The van der Waals surface area contributed by atoms with Crippen LogP contribution < -0.4 is 0 Å². The van der Waals surface area contributed by atoms with Crippen LogP contribution in [0.15, 0.2) is 24.3 Å². The molecule has 0 aliphatic heterocycles. The molecule has 24 heavy (non-hydrogen) atoms. The normalized spacial score (nSPS) is 12.4. The second-order valence-corrected chi connectivity index (χ2v) is 6.04. The molecule has 0 amide bonds. The van der Waals surface area contributed by atoms with Gasteiger partial charge in [0.15, 0.2) is 6.10 Å². The highest BCUT2D eigenvalue weighted by atomic mass is 16.8. The molecule has 0 aromatic rings. The van der Waals surface area contributed by atoms with Gasteiger partial charge in [0.25, 0.3) is 0 Å². The average molecular weight is 342 g/mol. The predicted octanol–water partition coefficient (Wildman–Crippen LogP) is 2.98. The van der Waals surface area contributed by atoms with E-state index < -0.39 is 24.0 Å². The van der Waals surface area contributed by atoms with Crippen LogP contribution in [-0.4, -0.2) is 34.2 Å². The zero-order valence-corrected chi connectivity index (χ0v) is 15.0. The van der Waals surface area contributed by atoms with Gasteiger partial charge < -0.3 is 19.7 Å². The largest absolute Gasteiger partial charge is 0.401 e. The number of esters is 2. The van der Waals surface area contributed by atoms with Crippen molar-refractivity contribution in [3.8, 4) is 0 Å². The van der Waals surface area contributed by atoms with Gasteiger partial charge in [-0.2, -0.15) is 0 Å². The minimum atomic E-state index is -2.75. The van der Waals surface area contributed by atoms with E-state index in [2.05, 4.69) is 20.1 Å². The van der Waals surface area contributed by atoms with Gasteiger partial charge in [-0.05, 0) is 20.3 Å². The van der Waals surface area contributed by atoms with Crippen molar-refractivity contribution >= 4 is 11.9 Å². The van der Waals surface area contributed by atoms with E-state index in [1.54, 1.807) is 0 Å². The first-order valence-corrected chi connectivity index (χ1v) is 8.32. The summed E-state index contributed by atoms with van der Waals surface area (Å²) >= 11 is 0. The average Bonchev–Trinajstić information content (AvgIpc) is 2.49. The van der Waals surface area contributed by atoms with E-state index in [4.69, 9.17) is 9.47 Å². The fraction of sp³-hybridized carbons (Fsp3) is 0.667. The number of carbonyl (C=O) groups is 2. The van der Waals surface area contributed by atoms with Crippen molar-refractivity contribution < 1.29 is 29.3 Å². The van der Waals surface area contributed by atoms with E-state index in [1.165, 1.54) is 13.8 Å². The molecule has 1 unspecified atom stereocenters. The van der Waals surface area contributed by atoms with Gasteiger partial charge in [0, 0.05) is 11.1 Å². The van der Waals surface area contributed by atoms with E-state index in [1.807, 2.05) is 0 Å². The summed E-state index contributed by atoms with van der Waals surface area (Å²) in [6, 6.07) is 0. The van der Waals surface area contributed by atoms with Gasteiger partial charge in [0.2, 0.25) is 0 Å². The summed E-state index contributed by atoms with van der Waals surface area (Å²) in [6.45, 7) is 11.7. The van der Waals surface area contributed by atoms with E-state index >= 15 is 0 Å². The summed E-state index contributed by atoms with van der Waals surface area (Å²) < 4.78 is 9.52. The van der Waals surface area contributed by atoms with E-state index in [0.29, 0.717) is 6.42 Å².